The van der Waals surface area contributed by atoms with E-state index in [0.29, 0.717) is 25.1 Å². The normalized spacial score (nSPS) is 11.4. The summed E-state index contributed by atoms with van der Waals surface area (Å²) in [6.45, 7) is 5.23. The van der Waals surface area contributed by atoms with Crippen LogP contribution in [0.3, 0.4) is 0 Å². The van der Waals surface area contributed by atoms with E-state index >= 15 is 0 Å². The van der Waals surface area contributed by atoms with E-state index in [-0.39, 0.29) is 5.97 Å². The second kappa shape index (κ2) is 7.61. The number of methoxy groups -OCH3 is 1. The Kier molecular flexibility index (Phi) is 6.08. The number of rotatable bonds is 6. The average molecular weight is 248 g/mol. The van der Waals surface area contributed by atoms with Gasteiger partial charge in [0.25, 0.3) is 0 Å². The highest BCUT2D eigenvalue weighted by molar-refractivity contribution is 5.88. The summed E-state index contributed by atoms with van der Waals surface area (Å²) < 4.78 is 4.69. The minimum absolute atomic E-state index is 0.256. The van der Waals surface area contributed by atoms with Gasteiger partial charge >= 0.3 is 5.97 Å². The molecule has 0 spiro atoms. The van der Waals surface area contributed by atoms with Crippen molar-refractivity contribution in [3.8, 4) is 0 Å². The van der Waals surface area contributed by atoms with Crippen molar-refractivity contribution in [3.63, 3.8) is 0 Å². The number of nitrogens with zero attached hydrogens (tertiary/aromatic N) is 1. The second-order valence-corrected chi connectivity index (χ2v) is 3.98. The highest BCUT2D eigenvalue weighted by Gasteiger charge is 2.05. The van der Waals surface area contributed by atoms with Crippen molar-refractivity contribution in [2.45, 2.75) is 26.8 Å². The quantitative estimate of drug-likeness (QED) is 0.475. The summed E-state index contributed by atoms with van der Waals surface area (Å²) in [4.78, 5) is 15.7. The number of aromatic nitrogens is 1. The maximum absolute atomic E-state index is 11.3. The first-order valence-electron chi connectivity index (χ1n) is 6.08. The first-order valence-corrected chi connectivity index (χ1v) is 6.08. The van der Waals surface area contributed by atoms with Crippen LogP contribution >= 0.6 is 0 Å². The molecule has 0 aromatic carbocycles. The molecule has 0 unspecified atom stereocenters. The molecule has 0 saturated heterocycles. The fourth-order valence-electron chi connectivity index (χ4n) is 1.60. The van der Waals surface area contributed by atoms with Gasteiger partial charge in [0.2, 0.25) is 0 Å². The average Bonchev–Trinajstić information content (AvgIpc) is 2.38. The van der Waals surface area contributed by atoms with E-state index in [4.69, 9.17) is 0 Å². The first-order chi connectivity index (χ1) is 8.67. The summed E-state index contributed by atoms with van der Waals surface area (Å²) in [6, 6.07) is 5.93. The second-order valence-electron chi connectivity index (χ2n) is 3.98. The number of carbonyl (C=O) groups excluding carboxylic acids is 1. The van der Waals surface area contributed by atoms with Crippen LogP contribution in [0, 0.1) is 6.92 Å². The summed E-state index contributed by atoms with van der Waals surface area (Å²) in [5.74, 6) is -0.256. The third kappa shape index (κ3) is 4.67. The molecule has 0 atom stereocenters. The van der Waals surface area contributed by atoms with Gasteiger partial charge in [-0.25, -0.2) is 4.79 Å². The van der Waals surface area contributed by atoms with Gasteiger partial charge in [0.1, 0.15) is 0 Å². The molecule has 4 nitrogen and oxygen atoms in total. The predicted octanol–water partition coefficient (Wildman–Crippen LogP) is 1.99. The molecule has 1 aromatic rings. The Balaban J connectivity index is 2.42. The van der Waals surface area contributed by atoms with E-state index < -0.39 is 0 Å². The zero-order chi connectivity index (χ0) is 13.4. The zero-order valence-electron chi connectivity index (χ0n) is 11.2. The van der Waals surface area contributed by atoms with Crippen LogP contribution in [0.2, 0.25) is 0 Å². The Morgan fingerprint density at radius 2 is 2.28 bits per heavy atom. The maximum Gasteiger partial charge on any atom is 0.333 e. The largest absolute Gasteiger partial charge is 0.466 e. The lowest BCUT2D eigenvalue weighted by molar-refractivity contribution is -0.136. The maximum atomic E-state index is 11.3. The minimum Gasteiger partial charge on any atom is -0.466 e. The Labute approximate surface area is 108 Å². The van der Waals surface area contributed by atoms with E-state index in [1.54, 1.807) is 0 Å². The van der Waals surface area contributed by atoms with Crippen LogP contribution in [-0.4, -0.2) is 24.6 Å². The van der Waals surface area contributed by atoms with Gasteiger partial charge in [-0.05, 0) is 25.5 Å². The molecule has 0 radical (unpaired) electrons. The van der Waals surface area contributed by atoms with Crippen molar-refractivity contribution in [1.82, 2.24) is 10.3 Å². The fraction of sp³-hybridized carbons (Fsp3) is 0.429. The lowest BCUT2D eigenvalue weighted by atomic mass is 10.2. The van der Waals surface area contributed by atoms with Gasteiger partial charge < -0.3 is 10.1 Å². The molecule has 1 N–H and O–H groups in total. The van der Waals surface area contributed by atoms with Gasteiger partial charge in [0.05, 0.1) is 12.8 Å². The highest BCUT2D eigenvalue weighted by Crippen LogP contribution is 2.02. The number of hydrogen-bond donors (Lipinski definition) is 1. The Hall–Kier alpha value is -1.68. The standard InChI is InChI=1S/C14H20N2O2/c1-4-12(14(17)18-3)8-9-15-10-13-7-5-6-11(2)16-13/h5-8,15H,4,9-10H2,1-3H3/b12-8-. The van der Waals surface area contributed by atoms with Crippen molar-refractivity contribution < 1.29 is 9.53 Å². The number of carbonyl (C=O) groups is 1. The molecule has 0 amide bonds. The SMILES string of the molecule is CC/C(=C/CNCc1cccc(C)n1)C(=O)OC. The molecule has 18 heavy (non-hydrogen) atoms. The van der Waals surface area contributed by atoms with Crippen molar-refractivity contribution >= 4 is 5.97 Å². The molecule has 0 aliphatic rings. The van der Waals surface area contributed by atoms with Crippen LogP contribution < -0.4 is 5.32 Å². The number of hydrogen-bond acceptors (Lipinski definition) is 4. The fourth-order valence-corrected chi connectivity index (χ4v) is 1.60. The zero-order valence-corrected chi connectivity index (χ0v) is 11.2. The molecule has 1 aromatic heterocycles. The van der Waals surface area contributed by atoms with Gasteiger partial charge in [-0.2, -0.15) is 0 Å². The number of pyridine rings is 1. The molecule has 0 bridgehead atoms. The number of aryl methyl sites for hydroxylation is 1. The third-order valence-electron chi connectivity index (χ3n) is 2.57. The van der Waals surface area contributed by atoms with E-state index in [2.05, 4.69) is 15.0 Å². The Bertz CT molecular complexity index is 428. The van der Waals surface area contributed by atoms with Gasteiger partial charge in [0, 0.05) is 24.4 Å². The van der Waals surface area contributed by atoms with E-state index in [9.17, 15) is 4.79 Å². The van der Waals surface area contributed by atoms with Gasteiger partial charge in [-0.3, -0.25) is 4.98 Å². The molecule has 0 aliphatic heterocycles. The molecule has 1 heterocycles. The summed E-state index contributed by atoms with van der Waals surface area (Å²) in [7, 11) is 1.40. The Morgan fingerprint density at radius 1 is 1.50 bits per heavy atom. The molecule has 0 fully saturated rings. The van der Waals surface area contributed by atoms with E-state index in [1.165, 1.54) is 7.11 Å². The minimum atomic E-state index is -0.256. The van der Waals surface area contributed by atoms with Crippen LogP contribution in [0.4, 0.5) is 0 Å². The molecule has 0 saturated carbocycles. The van der Waals surface area contributed by atoms with Crippen LogP contribution in [0.1, 0.15) is 24.7 Å². The molecule has 4 heteroatoms. The third-order valence-corrected chi connectivity index (χ3v) is 2.57. The molecule has 0 aliphatic carbocycles. The van der Waals surface area contributed by atoms with E-state index in [1.807, 2.05) is 38.1 Å². The lowest BCUT2D eigenvalue weighted by Gasteiger charge is -2.04. The van der Waals surface area contributed by atoms with Gasteiger partial charge in [-0.1, -0.05) is 19.1 Å². The number of nitrogens with one attached hydrogen (secondary N) is 1. The topological polar surface area (TPSA) is 51.2 Å². The number of esters is 1. The molecule has 98 valence electrons. The summed E-state index contributed by atoms with van der Waals surface area (Å²) in [6.07, 6.45) is 2.54. The van der Waals surface area contributed by atoms with Crippen molar-refractivity contribution in [2.24, 2.45) is 0 Å². The van der Waals surface area contributed by atoms with Crippen LogP contribution in [-0.2, 0) is 16.1 Å². The summed E-state index contributed by atoms with van der Waals surface area (Å²) >= 11 is 0. The first kappa shape index (κ1) is 14.4. The lowest BCUT2D eigenvalue weighted by Crippen LogP contribution is -2.16. The highest BCUT2D eigenvalue weighted by atomic mass is 16.5. The van der Waals surface area contributed by atoms with E-state index in [0.717, 1.165) is 11.4 Å². The van der Waals surface area contributed by atoms with Gasteiger partial charge in [-0.15, -0.1) is 0 Å². The van der Waals surface area contributed by atoms with Crippen LogP contribution in [0.25, 0.3) is 0 Å². The summed E-state index contributed by atoms with van der Waals surface area (Å²) in [5.41, 5.74) is 2.70. The van der Waals surface area contributed by atoms with Crippen molar-refractivity contribution in [3.05, 3.63) is 41.2 Å². The molecular formula is C14H20N2O2. The molecular weight excluding hydrogens is 228 g/mol. The number of ether oxygens (including phenoxy) is 1. The predicted molar refractivity (Wildman–Crippen MR) is 71.1 cm³/mol. The molecule has 1 rings (SSSR count). The van der Waals surface area contributed by atoms with Crippen LogP contribution in [0.5, 0.6) is 0 Å². The van der Waals surface area contributed by atoms with Crippen LogP contribution in [0.15, 0.2) is 29.8 Å². The van der Waals surface area contributed by atoms with Crippen molar-refractivity contribution in [2.75, 3.05) is 13.7 Å². The monoisotopic (exact) mass is 248 g/mol. The summed E-state index contributed by atoms with van der Waals surface area (Å²) in [5, 5.41) is 3.23. The van der Waals surface area contributed by atoms with Gasteiger partial charge in [0.15, 0.2) is 0 Å². The Morgan fingerprint density at radius 3 is 2.89 bits per heavy atom. The smallest absolute Gasteiger partial charge is 0.333 e. The van der Waals surface area contributed by atoms with Crippen molar-refractivity contribution in [1.29, 1.82) is 0 Å².